The molecule has 1 aliphatic heterocycles. The molecule has 94 valence electrons. The predicted octanol–water partition coefficient (Wildman–Crippen LogP) is 2.13. The van der Waals surface area contributed by atoms with Gasteiger partial charge in [0.25, 0.3) is 0 Å². The Labute approximate surface area is 109 Å². The van der Waals surface area contributed by atoms with Crippen molar-refractivity contribution in [3.63, 3.8) is 0 Å². The van der Waals surface area contributed by atoms with Crippen LogP contribution in [0.3, 0.4) is 0 Å². The molecule has 1 aromatic rings. The van der Waals surface area contributed by atoms with Gasteiger partial charge in [0.2, 0.25) is 0 Å². The molecule has 17 heavy (non-hydrogen) atoms. The fourth-order valence-electron chi connectivity index (χ4n) is 1.90. The largest absolute Gasteiger partial charge is 0.493 e. The number of morpholine rings is 1. The average Bonchev–Trinajstić information content (AvgIpc) is 2.38. The van der Waals surface area contributed by atoms with Crippen molar-refractivity contribution in [2.75, 3.05) is 33.9 Å². The monoisotopic (exact) mass is 301 g/mol. The maximum Gasteiger partial charge on any atom is 0.174 e. The summed E-state index contributed by atoms with van der Waals surface area (Å²) < 4.78 is 17.2. The molecular formula is C12H16BrNO3. The molecule has 1 aromatic carbocycles. The van der Waals surface area contributed by atoms with E-state index in [-0.39, 0.29) is 6.10 Å². The van der Waals surface area contributed by atoms with Crippen molar-refractivity contribution >= 4 is 15.9 Å². The predicted molar refractivity (Wildman–Crippen MR) is 68.8 cm³/mol. The number of nitrogens with one attached hydrogen (secondary N) is 1. The molecule has 0 spiro atoms. The van der Waals surface area contributed by atoms with Crippen LogP contribution in [0.2, 0.25) is 0 Å². The van der Waals surface area contributed by atoms with Gasteiger partial charge in [0.1, 0.15) is 0 Å². The lowest BCUT2D eigenvalue weighted by Crippen LogP contribution is -2.33. The highest BCUT2D eigenvalue weighted by atomic mass is 79.9. The second-order valence-corrected chi connectivity index (χ2v) is 4.66. The summed E-state index contributed by atoms with van der Waals surface area (Å²) in [4.78, 5) is 0. The molecule has 0 bridgehead atoms. The summed E-state index contributed by atoms with van der Waals surface area (Å²) >= 11 is 3.48. The molecule has 0 saturated carbocycles. The summed E-state index contributed by atoms with van der Waals surface area (Å²) in [5.41, 5.74) is 1.08. The first kappa shape index (κ1) is 12.7. The zero-order valence-electron chi connectivity index (χ0n) is 9.96. The van der Waals surface area contributed by atoms with Gasteiger partial charge in [0.15, 0.2) is 11.5 Å². The normalized spacial score (nSPS) is 20.1. The van der Waals surface area contributed by atoms with E-state index in [4.69, 9.17) is 14.2 Å². The highest BCUT2D eigenvalue weighted by Gasteiger charge is 2.19. The van der Waals surface area contributed by atoms with Crippen LogP contribution in [0.25, 0.3) is 0 Å². The van der Waals surface area contributed by atoms with Crippen molar-refractivity contribution in [2.24, 2.45) is 0 Å². The molecule has 1 fully saturated rings. The third-order valence-electron chi connectivity index (χ3n) is 2.76. The molecule has 1 atom stereocenters. The molecule has 1 saturated heterocycles. The van der Waals surface area contributed by atoms with Gasteiger partial charge < -0.3 is 19.5 Å². The van der Waals surface area contributed by atoms with Gasteiger partial charge in [-0.15, -0.1) is 0 Å². The van der Waals surface area contributed by atoms with Gasteiger partial charge in [-0.2, -0.15) is 0 Å². The van der Waals surface area contributed by atoms with E-state index in [0.717, 1.165) is 29.7 Å². The molecule has 2 rings (SSSR count). The first-order valence-corrected chi connectivity index (χ1v) is 6.29. The lowest BCUT2D eigenvalue weighted by molar-refractivity contribution is 0.0275. The summed E-state index contributed by atoms with van der Waals surface area (Å²) in [6, 6.07) is 3.97. The Bertz CT molecular complexity index is 392. The Kier molecular flexibility index (Phi) is 4.25. The number of methoxy groups -OCH3 is 2. The minimum Gasteiger partial charge on any atom is -0.493 e. The molecule has 5 heteroatoms. The van der Waals surface area contributed by atoms with Crippen LogP contribution in [-0.2, 0) is 4.74 Å². The van der Waals surface area contributed by atoms with Gasteiger partial charge in [0.05, 0.1) is 31.4 Å². The Balaban J connectivity index is 2.31. The Hall–Kier alpha value is -0.780. The van der Waals surface area contributed by atoms with Gasteiger partial charge in [-0.05, 0) is 33.6 Å². The van der Waals surface area contributed by atoms with E-state index in [1.165, 1.54) is 0 Å². The molecule has 1 N–H and O–H groups in total. The number of benzene rings is 1. The quantitative estimate of drug-likeness (QED) is 0.928. The second-order valence-electron chi connectivity index (χ2n) is 3.80. The van der Waals surface area contributed by atoms with Crippen molar-refractivity contribution < 1.29 is 14.2 Å². The van der Waals surface area contributed by atoms with Gasteiger partial charge in [-0.1, -0.05) is 0 Å². The second kappa shape index (κ2) is 5.71. The Morgan fingerprint density at radius 3 is 2.76 bits per heavy atom. The van der Waals surface area contributed by atoms with Crippen molar-refractivity contribution in [2.45, 2.75) is 6.10 Å². The van der Waals surface area contributed by atoms with E-state index < -0.39 is 0 Å². The van der Waals surface area contributed by atoms with E-state index in [1.807, 2.05) is 12.1 Å². The minimum atomic E-state index is 0.0693. The molecule has 0 aliphatic carbocycles. The molecule has 0 aromatic heterocycles. The SMILES string of the molecule is COc1cc(C2CNCCO2)cc(Br)c1OC. The molecule has 0 amide bonds. The van der Waals surface area contributed by atoms with Crippen LogP contribution in [0.4, 0.5) is 0 Å². The molecule has 1 aliphatic rings. The van der Waals surface area contributed by atoms with Crippen LogP contribution in [0, 0.1) is 0 Å². The summed E-state index contributed by atoms with van der Waals surface area (Å²) in [5, 5.41) is 3.31. The fraction of sp³-hybridized carbons (Fsp3) is 0.500. The standard InChI is InChI=1S/C12H16BrNO3/c1-15-10-6-8(5-9(13)12(10)16-2)11-7-14-3-4-17-11/h5-6,11,14H,3-4,7H2,1-2H3. The third kappa shape index (κ3) is 2.73. The van der Waals surface area contributed by atoms with Crippen molar-refractivity contribution in [3.05, 3.63) is 22.2 Å². The number of rotatable bonds is 3. The lowest BCUT2D eigenvalue weighted by atomic mass is 10.1. The summed E-state index contributed by atoms with van der Waals surface area (Å²) in [7, 11) is 3.26. The third-order valence-corrected chi connectivity index (χ3v) is 3.34. The van der Waals surface area contributed by atoms with E-state index in [9.17, 15) is 0 Å². The van der Waals surface area contributed by atoms with Gasteiger partial charge in [-0.3, -0.25) is 0 Å². The molecular weight excluding hydrogens is 286 g/mol. The van der Waals surface area contributed by atoms with Crippen molar-refractivity contribution in [1.82, 2.24) is 5.32 Å². The van der Waals surface area contributed by atoms with Crippen LogP contribution < -0.4 is 14.8 Å². The highest BCUT2D eigenvalue weighted by Crippen LogP contribution is 2.38. The van der Waals surface area contributed by atoms with Crippen LogP contribution in [0.15, 0.2) is 16.6 Å². The van der Waals surface area contributed by atoms with E-state index in [0.29, 0.717) is 11.5 Å². The minimum absolute atomic E-state index is 0.0693. The number of hydrogen-bond acceptors (Lipinski definition) is 4. The summed E-state index contributed by atoms with van der Waals surface area (Å²) in [5.74, 6) is 1.42. The first-order valence-electron chi connectivity index (χ1n) is 5.50. The molecule has 4 nitrogen and oxygen atoms in total. The van der Waals surface area contributed by atoms with Crippen molar-refractivity contribution in [3.8, 4) is 11.5 Å². The topological polar surface area (TPSA) is 39.7 Å². The number of hydrogen-bond donors (Lipinski definition) is 1. The van der Waals surface area contributed by atoms with E-state index in [1.54, 1.807) is 14.2 Å². The average molecular weight is 302 g/mol. The van der Waals surface area contributed by atoms with E-state index in [2.05, 4.69) is 21.2 Å². The summed E-state index contributed by atoms with van der Waals surface area (Å²) in [6.45, 7) is 2.46. The molecule has 1 unspecified atom stereocenters. The zero-order chi connectivity index (χ0) is 12.3. The maximum absolute atomic E-state index is 5.71. The maximum atomic E-state index is 5.71. The van der Waals surface area contributed by atoms with Crippen LogP contribution in [-0.4, -0.2) is 33.9 Å². The first-order chi connectivity index (χ1) is 8.26. The molecule has 1 heterocycles. The highest BCUT2D eigenvalue weighted by molar-refractivity contribution is 9.10. The Morgan fingerprint density at radius 1 is 1.35 bits per heavy atom. The number of ether oxygens (including phenoxy) is 3. The smallest absolute Gasteiger partial charge is 0.174 e. The lowest BCUT2D eigenvalue weighted by Gasteiger charge is -2.25. The van der Waals surface area contributed by atoms with Crippen LogP contribution in [0.5, 0.6) is 11.5 Å². The molecule has 0 radical (unpaired) electrons. The van der Waals surface area contributed by atoms with Crippen LogP contribution in [0.1, 0.15) is 11.7 Å². The zero-order valence-corrected chi connectivity index (χ0v) is 11.5. The fourth-order valence-corrected chi connectivity index (χ4v) is 2.52. The van der Waals surface area contributed by atoms with Gasteiger partial charge in [0, 0.05) is 13.1 Å². The van der Waals surface area contributed by atoms with Gasteiger partial charge >= 0.3 is 0 Å². The Morgan fingerprint density at radius 2 is 2.18 bits per heavy atom. The summed E-state index contributed by atoms with van der Waals surface area (Å²) in [6.07, 6.45) is 0.0693. The number of halogens is 1. The van der Waals surface area contributed by atoms with Crippen LogP contribution >= 0.6 is 15.9 Å². The van der Waals surface area contributed by atoms with Gasteiger partial charge in [-0.25, -0.2) is 0 Å². The van der Waals surface area contributed by atoms with Crippen molar-refractivity contribution in [1.29, 1.82) is 0 Å². The van der Waals surface area contributed by atoms with E-state index >= 15 is 0 Å².